The third-order valence-corrected chi connectivity index (χ3v) is 5.15. The fourth-order valence-corrected chi connectivity index (χ4v) is 3.65. The van der Waals surface area contributed by atoms with Crippen LogP contribution < -0.4 is 0 Å². The van der Waals surface area contributed by atoms with Crippen molar-refractivity contribution >= 4 is 46.7 Å². The van der Waals surface area contributed by atoms with Gasteiger partial charge in [-0.1, -0.05) is 35.3 Å². The Hall–Kier alpha value is -2.05. The highest BCUT2D eigenvalue weighted by Crippen LogP contribution is 2.35. The number of hydrogen-bond acceptors (Lipinski definition) is 4. The lowest BCUT2D eigenvalue weighted by Crippen LogP contribution is -2.49. The first-order valence-electron chi connectivity index (χ1n) is 8.39. The van der Waals surface area contributed by atoms with Gasteiger partial charge in [-0.15, -0.1) is 0 Å². The van der Waals surface area contributed by atoms with E-state index in [-0.39, 0.29) is 22.7 Å². The first kappa shape index (κ1) is 18.7. The second-order valence-electron chi connectivity index (χ2n) is 6.09. The van der Waals surface area contributed by atoms with Gasteiger partial charge >= 0.3 is 6.09 Å². The van der Waals surface area contributed by atoms with Crippen LogP contribution in [0, 0.1) is 0 Å². The Kier molecular flexibility index (Phi) is 5.53. The van der Waals surface area contributed by atoms with Crippen molar-refractivity contribution in [2.45, 2.75) is 25.8 Å². The van der Waals surface area contributed by atoms with E-state index in [0.29, 0.717) is 43.1 Å². The van der Waals surface area contributed by atoms with E-state index in [0.717, 1.165) is 0 Å². The summed E-state index contributed by atoms with van der Waals surface area (Å²) in [4.78, 5) is 40.0. The number of nitrogens with zero attached hydrogens (tertiary/aromatic N) is 2. The molecule has 0 saturated carbocycles. The first-order valence-corrected chi connectivity index (χ1v) is 9.15. The predicted octanol–water partition coefficient (Wildman–Crippen LogP) is 3.28. The Morgan fingerprint density at radius 3 is 2.31 bits per heavy atom. The summed E-state index contributed by atoms with van der Waals surface area (Å²) in [5.74, 6) is -0.895. The highest BCUT2D eigenvalue weighted by Gasteiger charge is 2.43. The third-order valence-electron chi connectivity index (χ3n) is 4.55. The van der Waals surface area contributed by atoms with Gasteiger partial charge in [0.1, 0.15) is 5.03 Å². The fourth-order valence-electron chi connectivity index (χ4n) is 3.24. The maximum Gasteiger partial charge on any atom is 0.409 e. The van der Waals surface area contributed by atoms with Crippen molar-refractivity contribution in [2.24, 2.45) is 0 Å². The monoisotopic (exact) mass is 396 g/mol. The molecule has 1 saturated heterocycles. The van der Waals surface area contributed by atoms with Gasteiger partial charge in [0.2, 0.25) is 0 Å². The molecule has 3 amide bonds. The largest absolute Gasteiger partial charge is 0.450 e. The van der Waals surface area contributed by atoms with Gasteiger partial charge in [-0.05, 0) is 37.5 Å². The molecule has 2 aliphatic heterocycles. The van der Waals surface area contributed by atoms with Crippen molar-refractivity contribution < 1.29 is 19.1 Å². The number of benzene rings is 1. The third kappa shape index (κ3) is 3.44. The maximum atomic E-state index is 12.9. The topological polar surface area (TPSA) is 66.9 Å². The Morgan fingerprint density at radius 1 is 1.12 bits per heavy atom. The number of amides is 3. The van der Waals surface area contributed by atoms with Crippen LogP contribution in [0.5, 0.6) is 0 Å². The molecule has 26 heavy (non-hydrogen) atoms. The number of ether oxygens (including phenoxy) is 1. The summed E-state index contributed by atoms with van der Waals surface area (Å²) in [5.41, 5.74) is 0.755. The van der Waals surface area contributed by atoms with Crippen LogP contribution in [0.3, 0.4) is 0 Å². The summed E-state index contributed by atoms with van der Waals surface area (Å²) in [7, 11) is 0. The summed E-state index contributed by atoms with van der Waals surface area (Å²) in [6.07, 6.45) is 0.617. The van der Waals surface area contributed by atoms with Gasteiger partial charge in [-0.3, -0.25) is 14.5 Å². The van der Waals surface area contributed by atoms with E-state index in [9.17, 15) is 14.4 Å². The van der Waals surface area contributed by atoms with Crippen LogP contribution in [-0.2, 0) is 14.3 Å². The van der Waals surface area contributed by atoms with Crippen molar-refractivity contribution in [3.63, 3.8) is 0 Å². The van der Waals surface area contributed by atoms with Gasteiger partial charge in [-0.2, -0.15) is 0 Å². The summed E-state index contributed by atoms with van der Waals surface area (Å²) in [6, 6.07) is 6.33. The molecule has 0 radical (unpaired) electrons. The van der Waals surface area contributed by atoms with E-state index in [1.165, 1.54) is 4.90 Å². The van der Waals surface area contributed by atoms with Gasteiger partial charge in [0.15, 0.2) is 0 Å². The van der Waals surface area contributed by atoms with E-state index in [1.54, 1.807) is 36.1 Å². The fraction of sp³-hybridized carbons (Fsp3) is 0.389. The van der Waals surface area contributed by atoms with Gasteiger partial charge in [-0.25, -0.2) is 4.79 Å². The molecule has 6 nitrogen and oxygen atoms in total. The zero-order valence-electron chi connectivity index (χ0n) is 14.2. The molecular weight excluding hydrogens is 379 g/mol. The SMILES string of the molecule is CCOC(=O)N1CCC(N2C(=O)C(Cl)=C(c3ccc(Cl)cc3)C2=O)CC1. The van der Waals surface area contributed by atoms with Gasteiger partial charge < -0.3 is 9.64 Å². The van der Waals surface area contributed by atoms with Crippen LogP contribution in [0.4, 0.5) is 4.79 Å². The van der Waals surface area contributed by atoms with Crippen molar-refractivity contribution in [3.8, 4) is 0 Å². The van der Waals surface area contributed by atoms with Crippen LogP contribution >= 0.6 is 23.2 Å². The molecule has 2 aliphatic rings. The lowest BCUT2D eigenvalue weighted by molar-refractivity contribution is -0.140. The molecule has 138 valence electrons. The molecule has 0 atom stereocenters. The van der Waals surface area contributed by atoms with E-state index >= 15 is 0 Å². The summed E-state index contributed by atoms with van der Waals surface area (Å²) in [6.45, 7) is 2.91. The lowest BCUT2D eigenvalue weighted by Gasteiger charge is -2.35. The van der Waals surface area contributed by atoms with Gasteiger partial charge in [0.25, 0.3) is 11.8 Å². The van der Waals surface area contributed by atoms with Crippen molar-refractivity contribution in [3.05, 3.63) is 39.9 Å². The molecule has 0 unspecified atom stereocenters. The second-order valence-corrected chi connectivity index (χ2v) is 6.91. The van der Waals surface area contributed by atoms with E-state index < -0.39 is 11.8 Å². The highest BCUT2D eigenvalue weighted by molar-refractivity contribution is 6.55. The molecule has 1 fully saturated rings. The van der Waals surface area contributed by atoms with Crippen LogP contribution in [0.25, 0.3) is 5.57 Å². The number of hydrogen-bond donors (Lipinski definition) is 0. The smallest absolute Gasteiger partial charge is 0.409 e. The first-order chi connectivity index (χ1) is 12.4. The molecule has 3 rings (SSSR count). The number of halogens is 2. The summed E-state index contributed by atoms with van der Waals surface area (Å²) >= 11 is 12.1. The molecule has 0 aromatic heterocycles. The molecule has 8 heteroatoms. The Labute approximate surface area is 161 Å². The minimum Gasteiger partial charge on any atom is -0.450 e. The molecule has 0 spiro atoms. The number of likely N-dealkylation sites (tertiary alicyclic amines) is 1. The molecule has 2 heterocycles. The zero-order valence-corrected chi connectivity index (χ0v) is 15.7. The van der Waals surface area contributed by atoms with Gasteiger partial charge in [0.05, 0.1) is 12.2 Å². The molecule has 0 N–H and O–H groups in total. The van der Waals surface area contributed by atoms with E-state index in [1.807, 2.05) is 0 Å². The molecule has 1 aromatic rings. The van der Waals surface area contributed by atoms with Crippen LogP contribution in [0.2, 0.25) is 5.02 Å². The minimum atomic E-state index is -0.490. The van der Waals surface area contributed by atoms with Crippen LogP contribution in [0.15, 0.2) is 29.3 Å². The number of rotatable bonds is 3. The second kappa shape index (κ2) is 7.68. The minimum absolute atomic E-state index is 0.0786. The quantitative estimate of drug-likeness (QED) is 0.735. The lowest BCUT2D eigenvalue weighted by atomic mass is 10.0. The highest BCUT2D eigenvalue weighted by atomic mass is 35.5. The predicted molar refractivity (Wildman–Crippen MR) is 97.7 cm³/mol. The van der Waals surface area contributed by atoms with Gasteiger partial charge in [0, 0.05) is 24.2 Å². The van der Waals surface area contributed by atoms with Crippen molar-refractivity contribution in [1.82, 2.24) is 9.80 Å². The van der Waals surface area contributed by atoms with E-state index in [2.05, 4.69) is 0 Å². The Balaban J connectivity index is 1.73. The van der Waals surface area contributed by atoms with Crippen molar-refractivity contribution in [1.29, 1.82) is 0 Å². The summed E-state index contributed by atoms with van der Waals surface area (Å²) in [5, 5.41) is 0.454. The standard InChI is InChI=1S/C18H18Cl2N2O4/c1-2-26-18(25)21-9-7-13(8-10-21)22-16(23)14(15(20)17(22)24)11-3-5-12(19)6-4-11/h3-6,13H,2,7-10H2,1H3. The molecular formula is C18H18Cl2N2O4. The number of carbonyl (C=O) groups is 3. The normalized spacial score (nSPS) is 18.7. The van der Waals surface area contributed by atoms with Crippen LogP contribution in [-0.4, -0.2) is 53.4 Å². The maximum absolute atomic E-state index is 12.9. The average Bonchev–Trinajstić information content (AvgIpc) is 2.85. The Morgan fingerprint density at radius 2 is 1.73 bits per heavy atom. The zero-order chi connectivity index (χ0) is 18.8. The number of carbonyl (C=O) groups excluding carboxylic acids is 3. The molecule has 0 aliphatic carbocycles. The van der Waals surface area contributed by atoms with Crippen LogP contribution in [0.1, 0.15) is 25.3 Å². The Bertz CT molecular complexity index is 768. The van der Waals surface area contributed by atoms with Crippen molar-refractivity contribution in [2.75, 3.05) is 19.7 Å². The number of piperidine rings is 1. The molecule has 1 aromatic carbocycles. The average molecular weight is 397 g/mol. The molecule has 0 bridgehead atoms. The van der Waals surface area contributed by atoms with E-state index in [4.69, 9.17) is 27.9 Å². The number of imide groups is 1. The summed E-state index contributed by atoms with van der Waals surface area (Å²) < 4.78 is 4.99.